The molecular formula is C19H18F2N2O4S. The molecule has 28 heavy (non-hydrogen) atoms. The Morgan fingerprint density at radius 1 is 1.25 bits per heavy atom. The van der Waals surface area contributed by atoms with Gasteiger partial charge >= 0.3 is 6.61 Å². The molecule has 0 bridgehead atoms. The SMILES string of the molecule is COc1cc(CNC(=O)c2sc(-c3ccc(C)o3)nc2C)ccc1OC(F)F. The lowest BCUT2D eigenvalue weighted by Crippen LogP contribution is -2.22. The molecule has 0 unspecified atom stereocenters. The Kier molecular flexibility index (Phi) is 5.93. The van der Waals surface area contributed by atoms with Crippen LogP contribution in [0.25, 0.3) is 10.8 Å². The van der Waals surface area contributed by atoms with E-state index in [1.807, 2.05) is 19.1 Å². The molecule has 0 aliphatic heterocycles. The lowest BCUT2D eigenvalue weighted by molar-refractivity contribution is -0.0512. The van der Waals surface area contributed by atoms with Crippen molar-refractivity contribution in [3.8, 4) is 22.3 Å². The van der Waals surface area contributed by atoms with Gasteiger partial charge in [0.1, 0.15) is 10.6 Å². The molecule has 0 fully saturated rings. The summed E-state index contributed by atoms with van der Waals surface area (Å²) in [4.78, 5) is 17.4. The molecule has 0 radical (unpaired) electrons. The van der Waals surface area contributed by atoms with Crippen molar-refractivity contribution in [1.29, 1.82) is 0 Å². The second-order valence-corrected chi connectivity index (χ2v) is 6.89. The number of nitrogens with zero attached hydrogens (tertiary/aromatic N) is 1. The number of alkyl halides is 2. The second kappa shape index (κ2) is 8.39. The quantitative estimate of drug-likeness (QED) is 0.620. The molecule has 1 amide bonds. The molecule has 1 aromatic carbocycles. The summed E-state index contributed by atoms with van der Waals surface area (Å²) < 4.78 is 39.8. The van der Waals surface area contributed by atoms with Crippen molar-refractivity contribution in [3.63, 3.8) is 0 Å². The maximum atomic E-state index is 12.5. The van der Waals surface area contributed by atoms with Gasteiger partial charge in [-0.1, -0.05) is 6.07 Å². The number of hydrogen-bond acceptors (Lipinski definition) is 6. The number of amides is 1. The third-order valence-electron chi connectivity index (χ3n) is 3.85. The van der Waals surface area contributed by atoms with Gasteiger partial charge in [-0.15, -0.1) is 11.3 Å². The second-order valence-electron chi connectivity index (χ2n) is 5.89. The molecule has 3 aromatic rings. The Balaban J connectivity index is 1.70. The topological polar surface area (TPSA) is 73.6 Å². The molecular weight excluding hydrogens is 390 g/mol. The summed E-state index contributed by atoms with van der Waals surface area (Å²) in [6.07, 6.45) is 0. The molecule has 0 aliphatic rings. The molecule has 2 aromatic heterocycles. The Morgan fingerprint density at radius 3 is 2.68 bits per heavy atom. The molecule has 0 atom stereocenters. The maximum Gasteiger partial charge on any atom is 0.387 e. The minimum atomic E-state index is -2.94. The number of benzene rings is 1. The van der Waals surface area contributed by atoms with Crippen LogP contribution in [0.15, 0.2) is 34.7 Å². The van der Waals surface area contributed by atoms with Crippen molar-refractivity contribution in [1.82, 2.24) is 10.3 Å². The smallest absolute Gasteiger partial charge is 0.387 e. The number of hydrogen-bond donors (Lipinski definition) is 1. The zero-order valence-electron chi connectivity index (χ0n) is 15.4. The number of halogens is 2. The van der Waals surface area contributed by atoms with Crippen LogP contribution in [0, 0.1) is 13.8 Å². The first-order valence-electron chi connectivity index (χ1n) is 8.31. The van der Waals surface area contributed by atoms with E-state index in [9.17, 15) is 13.6 Å². The standard InChI is InChI=1S/C19H18F2N2O4S/c1-10-4-6-14(26-10)18-23-11(2)16(28-18)17(24)22-9-12-5-7-13(27-19(20)21)15(8-12)25-3/h4-8,19H,9H2,1-3H3,(H,22,24). The number of methoxy groups -OCH3 is 1. The number of ether oxygens (including phenoxy) is 2. The van der Waals surface area contributed by atoms with Crippen molar-refractivity contribution in [3.05, 3.63) is 52.2 Å². The van der Waals surface area contributed by atoms with E-state index in [0.717, 1.165) is 5.76 Å². The summed E-state index contributed by atoms with van der Waals surface area (Å²) in [5, 5.41) is 3.42. The molecule has 0 aliphatic carbocycles. The number of carbonyl (C=O) groups excluding carboxylic acids is 1. The molecule has 0 saturated heterocycles. The summed E-state index contributed by atoms with van der Waals surface area (Å²) in [5.74, 6) is 1.20. The van der Waals surface area contributed by atoms with E-state index < -0.39 is 6.61 Å². The van der Waals surface area contributed by atoms with Crippen molar-refractivity contribution in [2.24, 2.45) is 0 Å². The summed E-state index contributed by atoms with van der Waals surface area (Å²) in [6, 6.07) is 8.14. The van der Waals surface area contributed by atoms with Gasteiger partial charge in [-0.25, -0.2) is 4.98 Å². The Hall–Kier alpha value is -2.94. The van der Waals surface area contributed by atoms with Gasteiger partial charge in [0, 0.05) is 6.54 Å². The lowest BCUT2D eigenvalue weighted by Gasteiger charge is -2.11. The number of aromatic nitrogens is 1. The molecule has 148 valence electrons. The van der Waals surface area contributed by atoms with Crippen molar-refractivity contribution >= 4 is 17.2 Å². The van der Waals surface area contributed by atoms with Gasteiger partial charge in [0.25, 0.3) is 5.91 Å². The Bertz CT molecular complexity index is 984. The summed E-state index contributed by atoms with van der Waals surface area (Å²) in [6.45, 7) is 0.839. The first-order chi connectivity index (χ1) is 13.4. The van der Waals surface area contributed by atoms with Crippen LogP contribution >= 0.6 is 11.3 Å². The predicted molar refractivity (Wildman–Crippen MR) is 100 cm³/mol. The van der Waals surface area contributed by atoms with Gasteiger partial charge in [0.2, 0.25) is 0 Å². The van der Waals surface area contributed by atoms with E-state index in [1.165, 1.54) is 30.6 Å². The number of aryl methyl sites for hydroxylation is 2. The van der Waals surface area contributed by atoms with Crippen molar-refractivity contribution in [2.45, 2.75) is 27.0 Å². The third kappa shape index (κ3) is 4.48. The Labute approximate surface area is 164 Å². The fourth-order valence-electron chi connectivity index (χ4n) is 2.54. The highest BCUT2D eigenvalue weighted by Gasteiger charge is 2.18. The maximum absolute atomic E-state index is 12.5. The average molecular weight is 408 g/mol. The summed E-state index contributed by atoms with van der Waals surface area (Å²) in [7, 11) is 1.36. The van der Waals surface area contributed by atoms with Gasteiger partial charge in [-0.05, 0) is 43.7 Å². The van der Waals surface area contributed by atoms with Crippen LogP contribution in [0.1, 0.15) is 26.7 Å². The minimum absolute atomic E-state index is 0.0655. The van der Waals surface area contributed by atoms with E-state index >= 15 is 0 Å². The fourth-order valence-corrected chi connectivity index (χ4v) is 3.48. The highest BCUT2D eigenvalue weighted by molar-refractivity contribution is 7.17. The van der Waals surface area contributed by atoms with E-state index in [1.54, 1.807) is 13.0 Å². The molecule has 0 spiro atoms. The van der Waals surface area contributed by atoms with E-state index in [0.29, 0.717) is 26.9 Å². The summed E-state index contributed by atoms with van der Waals surface area (Å²) >= 11 is 1.24. The molecule has 9 heteroatoms. The van der Waals surface area contributed by atoms with Crippen LogP contribution in [-0.4, -0.2) is 24.6 Å². The fraction of sp³-hybridized carbons (Fsp3) is 0.263. The van der Waals surface area contributed by atoms with Crippen LogP contribution in [-0.2, 0) is 6.54 Å². The van der Waals surface area contributed by atoms with E-state index in [-0.39, 0.29) is 24.0 Å². The van der Waals surface area contributed by atoms with Crippen LogP contribution in [0.2, 0.25) is 0 Å². The van der Waals surface area contributed by atoms with Crippen LogP contribution < -0.4 is 14.8 Å². The number of furan rings is 1. The average Bonchev–Trinajstić information content (AvgIpc) is 3.25. The first-order valence-corrected chi connectivity index (χ1v) is 9.13. The van der Waals surface area contributed by atoms with Crippen LogP contribution in [0.4, 0.5) is 8.78 Å². The van der Waals surface area contributed by atoms with Gasteiger partial charge in [0.05, 0.1) is 12.8 Å². The molecule has 0 saturated carbocycles. The van der Waals surface area contributed by atoms with Crippen molar-refractivity contribution in [2.75, 3.05) is 7.11 Å². The number of nitrogens with one attached hydrogen (secondary N) is 1. The number of rotatable bonds is 7. The van der Waals surface area contributed by atoms with E-state index in [4.69, 9.17) is 9.15 Å². The number of thiazole rings is 1. The normalized spacial score (nSPS) is 10.9. The largest absolute Gasteiger partial charge is 0.493 e. The number of carbonyl (C=O) groups is 1. The highest BCUT2D eigenvalue weighted by atomic mass is 32.1. The van der Waals surface area contributed by atoms with E-state index in [2.05, 4.69) is 15.0 Å². The van der Waals surface area contributed by atoms with Gasteiger partial charge in [0.15, 0.2) is 22.3 Å². The van der Waals surface area contributed by atoms with Crippen LogP contribution in [0.5, 0.6) is 11.5 Å². The predicted octanol–water partition coefficient (Wildman–Crippen LogP) is 4.56. The van der Waals surface area contributed by atoms with Crippen molar-refractivity contribution < 1.29 is 27.5 Å². The molecule has 6 nitrogen and oxygen atoms in total. The summed E-state index contributed by atoms with van der Waals surface area (Å²) in [5.41, 5.74) is 1.28. The third-order valence-corrected chi connectivity index (χ3v) is 5.02. The van der Waals surface area contributed by atoms with Gasteiger partial charge in [-0.2, -0.15) is 8.78 Å². The van der Waals surface area contributed by atoms with Crippen LogP contribution in [0.3, 0.4) is 0 Å². The highest BCUT2D eigenvalue weighted by Crippen LogP contribution is 2.31. The minimum Gasteiger partial charge on any atom is -0.493 e. The molecule has 2 heterocycles. The zero-order valence-corrected chi connectivity index (χ0v) is 16.2. The van der Waals surface area contributed by atoms with Gasteiger partial charge < -0.3 is 19.2 Å². The Morgan fingerprint density at radius 2 is 2.04 bits per heavy atom. The molecule has 1 N–H and O–H groups in total. The zero-order chi connectivity index (χ0) is 20.3. The molecule has 3 rings (SSSR count). The first kappa shape index (κ1) is 19.8. The lowest BCUT2D eigenvalue weighted by atomic mass is 10.2. The van der Waals surface area contributed by atoms with Gasteiger partial charge in [-0.3, -0.25) is 4.79 Å². The monoisotopic (exact) mass is 408 g/mol.